The first-order chi connectivity index (χ1) is 18.7. The molecule has 0 spiro atoms. The van der Waals surface area contributed by atoms with E-state index in [1.54, 1.807) is 0 Å². The van der Waals surface area contributed by atoms with Crippen molar-refractivity contribution in [3.63, 3.8) is 0 Å². The number of thioether (sulfide) groups is 1. The van der Waals surface area contributed by atoms with Crippen molar-refractivity contribution in [2.45, 2.75) is 57.8 Å². The number of amides is 3. The molecular formula is C29H39N3O6S. The highest BCUT2D eigenvalue weighted by Gasteiger charge is 2.30. The van der Waals surface area contributed by atoms with Gasteiger partial charge < -0.3 is 25.4 Å². The molecule has 0 fully saturated rings. The molecule has 2 aromatic rings. The Morgan fingerprint density at radius 3 is 1.92 bits per heavy atom. The van der Waals surface area contributed by atoms with Crippen LogP contribution in [0.4, 0.5) is 4.79 Å². The Bertz CT molecular complexity index is 1050. The van der Waals surface area contributed by atoms with Crippen molar-refractivity contribution in [1.82, 2.24) is 16.0 Å². The summed E-state index contributed by atoms with van der Waals surface area (Å²) in [6.07, 6.45) is 2.11. The summed E-state index contributed by atoms with van der Waals surface area (Å²) in [7, 11) is 1.26. The number of carbonyl (C=O) groups excluding carboxylic acids is 4. The summed E-state index contributed by atoms with van der Waals surface area (Å²) in [4.78, 5) is 51.5. The molecule has 0 aliphatic carbocycles. The van der Waals surface area contributed by atoms with Gasteiger partial charge in [0.05, 0.1) is 7.11 Å². The minimum atomic E-state index is -0.921. The summed E-state index contributed by atoms with van der Waals surface area (Å²) >= 11 is 1.53. The van der Waals surface area contributed by atoms with Crippen LogP contribution in [0.1, 0.15) is 37.8 Å². The van der Waals surface area contributed by atoms with Gasteiger partial charge in [-0.05, 0) is 41.9 Å². The van der Waals surface area contributed by atoms with Gasteiger partial charge in [0, 0.05) is 6.42 Å². The van der Waals surface area contributed by atoms with E-state index in [1.165, 1.54) is 18.9 Å². The quantitative estimate of drug-likeness (QED) is 0.287. The van der Waals surface area contributed by atoms with Gasteiger partial charge >= 0.3 is 12.1 Å². The van der Waals surface area contributed by atoms with Crippen LogP contribution in [0.2, 0.25) is 0 Å². The van der Waals surface area contributed by atoms with Crippen molar-refractivity contribution in [3.8, 4) is 0 Å². The number of benzene rings is 2. The molecule has 0 aromatic heterocycles. The lowest BCUT2D eigenvalue weighted by atomic mass is 10.0. The zero-order valence-electron chi connectivity index (χ0n) is 23.0. The lowest BCUT2D eigenvalue weighted by Crippen LogP contribution is -2.56. The second-order valence-electron chi connectivity index (χ2n) is 9.50. The Labute approximate surface area is 234 Å². The first kappa shape index (κ1) is 31.7. The summed E-state index contributed by atoms with van der Waals surface area (Å²) in [5.41, 5.74) is 1.68. The maximum absolute atomic E-state index is 13.3. The number of methoxy groups -OCH3 is 1. The second kappa shape index (κ2) is 17.1. The van der Waals surface area contributed by atoms with Gasteiger partial charge in [0.25, 0.3) is 0 Å². The third kappa shape index (κ3) is 11.8. The normalized spacial score (nSPS) is 13.1. The Hall–Kier alpha value is -3.53. The molecule has 3 atom stereocenters. The average molecular weight is 558 g/mol. The van der Waals surface area contributed by atoms with Crippen LogP contribution in [-0.2, 0) is 36.9 Å². The highest BCUT2D eigenvalue weighted by Crippen LogP contribution is 2.10. The van der Waals surface area contributed by atoms with E-state index in [-0.39, 0.29) is 18.9 Å². The van der Waals surface area contributed by atoms with Crippen LogP contribution in [0, 0.1) is 5.92 Å². The first-order valence-electron chi connectivity index (χ1n) is 12.9. The molecule has 3 N–H and O–H groups in total. The van der Waals surface area contributed by atoms with E-state index in [9.17, 15) is 19.2 Å². The lowest BCUT2D eigenvalue weighted by molar-refractivity contribution is -0.145. The predicted molar refractivity (Wildman–Crippen MR) is 152 cm³/mol. The molecule has 0 saturated heterocycles. The van der Waals surface area contributed by atoms with Gasteiger partial charge in [0.1, 0.15) is 24.7 Å². The van der Waals surface area contributed by atoms with E-state index in [2.05, 4.69) is 16.0 Å². The van der Waals surface area contributed by atoms with E-state index in [0.29, 0.717) is 18.6 Å². The summed E-state index contributed by atoms with van der Waals surface area (Å²) in [6.45, 7) is 3.93. The second-order valence-corrected chi connectivity index (χ2v) is 10.5. The Balaban J connectivity index is 2.09. The first-order valence-corrected chi connectivity index (χ1v) is 14.3. The van der Waals surface area contributed by atoms with Gasteiger partial charge in [-0.15, -0.1) is 0 Å². The van der Waals surface area contributed by atoms with Crippen LogP contribution in [0.25, 0.3) is 0 Å². The molecule has 9 nitrogen and oxygen atoms in total. The zero-order chi connectivity index (χ0) is 28.6. The van der Waals surface area contributed by atoms with Crippen LogP contribution < -0.4 is 16.0 Å². The molecule has 0 aliphatic heterocycles. The monoisotopic (exact) mass is 557 g/mol. The van der Waals surface area contributed by atoms with Crippen molar-refractivity contribution in [2.75, 3.05) is 19.1 Å². The number of esters is 1. The average Bonchev–Trinajstić information content (AvgIpc) is 2.93. The highest BCUT2D eigenvalue weighted by molar-refractivity contribution is 7.98. The fourth-order valence-corrected chi connectivity index (χ4v) is 4.32. The van der Waals surface area contributed by atoms with Crippen LogP contribution in [-0.4, -0.2) is 61.1 Å². The smallest absolute Gasteiger partial charge is 0.408 e. The molecule has 0 unspecified atom stereocenters. The van der Waals surface area contributed by atoms with E-state index >= 15 is 0 Å². The van der Waals surface area contributed by atoms with Crippen molar-refractivity contribution < 1.29 is 28.7 Å². The standard InChI is InChI=1S/C29H39N3O6S/c1-20(2)17-24(27(34)31-25(28(35)37-3)18-21-11-7-5-8-12-21)30-26(33)23(15-16-39-4)32-29(36)38-19-22-13-9-6-10-14-22/h5-14,20,23-25H,15-19H2,1-4H3,(H,30,33)(H,31,34)(H,32,36)/t23-,24-,25-/m0/s1. The van der Waals surface area contributed by atoms with Crippen molar-refractivity contribution in [3.05, 3.63) is 71.8 Å². The number of alkyl carbamates (subject to hydrolysis) is 1. The van der Waals surface area contributed by atoms with Crippen LogP contribution in [0.3, 0.4) is 0 Å². The minimum Gasteiger partial charge on any atom is -0.467 e. The number of nitrogens with one attached hydrogen (secondary N) is 3. The van der Waals surface area contributed by atoms with Crippen LogP contribution >= 0.6 is 11.8 Å². The fraction of sp³-hybridized carbons (Fsp3) is 0.448. The number of hydrogen-bond donors (Lipinski definition) is 3. The molecule has 212 valence electrons. The summed E-state index contributed by atoms with van der Waals surface area (Å²) in [5.74, 6) is -0.903. The Kier molecular flexibility index (Phi) is 13.9. The van der Waals surface area contributed by atoms with Gasteiger partial charge in [0.2, 0.25) is 11.8 Å². The van der Waals surface area contributed by atoms with E-state index in [1.807, 2.05) is 80.8 Å². The number of rotatable bonds is 15. The Morgan fingerprint density at radius 2 is 1.36 bits per heavy atom. The SMILES string of the molecule is COC(=O)[C@H](Cc1ccccc1)NC(=O)[C@H](CC(C)C)NC(=O)[C@H](CCSC)NC(=O)OCc1ccccc1. The minimum absolute atomic E-state index is 0.0677. The highest BCUT2D eigenvalue weighted by atomic mass is 32.2. The Morgan fingerprint density at radius 1 is 0.795 bits per heavy atom. The van der Waals surface area contributed by atoms with Gasteiger partial charge in [-0.3, -0.25) is 9.59 Å². The fourth-order valence-electron chi connectivity index (χ4n) is 3.84. The molecule has 0 radical (unpaired) electrons. The van der Waals surface area contributed by atoms with Crippen molar-refractivity contribution in [2.24, 2.45) is 5.92 Å². The maximum Gasteiger partial charge on any atom is 0.408 e. The third-order valence-electron chi connectivity index (χ3n) is 5.86. The predicted octanol–water partition coefficient (Wildman–Crippen LogP) is 3.47. The number of ether oxygens (including phenoxy) is 2. The third-order valence-corrected chi connectivity index (χ3v) is 6.50. The molecule has 0 aliphatic rings. The molecule has 2 aromatic carbocycles. The molecule has 10 heteroatoms. The van der Waals surface area contributed by atoms with Gasteiger partial charge in [0.15, 0.2) is 0 Å². The summed E-state index contributed by atoms with van der Waals surface area (Å²) in [6, 6.07) is 15.7. The molecule has 2 rings (SSSR count). The zero-order valence-corrected chi connectivity index (χ0v) is 23.8. The molecule has 0 saturated carbocycles. The largest absolute Gasteiger partial charge is 0.467 e. The summed E-state index contributed by atoms with van der Waals surface area (Å²) < 4.78 is 10.2. The van der Waals surface area contributed by atoms with Crippen molar-refractivity contribution in [1.29, 1.82) is 0 Å². The molecule has 0 bridgehead atoms. The van der Waals surface area contributed by atoms with Gasteiger partial charge in [-0.1, -0.05) is 74.5 Å². The summed E-state index contributed by atoms with van der Waals surface area (Å²) in [5, 5.41) is 8.15. The number of hydrogen-bond acceptors (Lipinski definition) is 7. The molecular weight excluding hydrogens is 518 g/mol. The molecule has 39 heavy (non-hydrogen) atoms. The van der Waals surface area contributed by atoms with Gasteiger partial charge in [-0.25, -0.2) is 9.59 Å². The van der Waals surface area contributed by atoms with E-state index in [0.717, 1.165) is 11.1 Å². The van der Waals surface area contributed by atoms with Crippen LogP contribution in [0.5, 0.6) is 0 Å². The van der Waals surface area contributed by atoms with Crippen molar-refractivity contribution >= 4 is 35.6 Å². The van der Waals surface area contributed by atoms with Gasteiger partial charge in [-0.2, -0.15) is 11.8 Å². The number of carbonyl (C=O) groups is 4. The topological polar surface area (TPSA) is 123 Å². The molecule has 3 amide bonds. The lowest BCUT2D eigenvalue weighted by Gasteiger charge is -2.26. The van der Waals surface area contributed by atoms with Crippen LogP contribution in [0.15, 0.2) is 60.7 Å². The van der Waals surface area contributed by atoms with E-state index in [4.69, 9.17) is 9.47 Å². The van der Waals surface area contributed by atoms with E-state index < -0.39 is 42.0 Å². The molecule has 0 heterocycles. The maximum atomic E-state index is 13.3.